The van der Waals surface area contributed by atoms with Crippen molar-refractivity contribution in [2.75, 3.05) is 32.7 Å². The molecule has 0 bridgehead atoms. The number of imidazole rings is 1. The van der Waals surface area contributed by atoms with E-state index >= 15 is 0 Å². The number of amides is 1. The van der Waals surface area contributed by atoms with Gasteiger partial charge in [0.05, 0.1) is 6.54 Å². The molecule has 1 aliphatic heterocycles. The minimum atomic E-state index is -0.0751. The van der Waals surface area contributed by atoms with Gasteiger partial charge in [-0.25, -0.2) is 4.98 Å². The molecule has 0 spiro atoms. The number of pyridine rings is 1. The lowest BCUT2D eigenvalue weighted by molar-refractivity contribution is 0.0718. The zero-order valence-electron chi connectivity index (χ0n) is 23.5. The Kier molecular flexibility index (Phi) is 10.5. The Morgan fingerprint density at radius 1 is 0.947 bits per heavy atom. The van der Waals surface area contributed by atoms with E-state index in [9.17, 15) is 4.79 Å². The highest BCUT2D eigenvalue weighted by Crippen LogP contribution is 2.22. The van der Waals surface area contributed by atoms with E-state index in [0.29, 0.717) is 18.8 Å². The fraction of sp³-hybridized carbons (Fsp3) is 0.516. The molecule has 0 fully saturated rings. The molecule has 1 aromatic carbocycles. The molecule has 204 valence electrons. The van der Waals surface area contributed by atoms with Gasteiger partial charge >= 0.3 is 0 Å². The molecule has 0 N–H and O–H groups in total. The van der Waals surface area contributed by atoms with Gasteiger partial charge in [0.1, 0.15) is 11.5 Å². The monoisotopic (exact) mass is 516 g/mol. The van der Waals surface area contributed by atoms with Crippen molar-refractivity contribution in [2.24, 2.45) is 7.05 Å². The Balaban J connectivity index is 1.35. The summed E-state index contributed by atoms with van der Waals surface area (Å²) >= 11 is 0. The van der Waals surface area contributed by atoms with E-state index in [-0.39, 0.29) is 5.91 Å². The van der Waals surface area contributed by atoms with Crippen LogP contribution in [-0.4, -0.2) is 67.9 Å². The summed E-state index contributed by atoms with van der Waals surface area (Å²) in [6, 6.07) is 12.2. The molecular formula is C31H44N6O. The molecule has 1 aliphatic rings. The second-order valence-electron chi connectivity index (χ2n) is 10.5. The first kappa shape index (κ1) is 28.0. The molecule has 0 unspecified atom stereocenters. The van der Waals surface area contributed by atoms with E-state index in [1.165, 1.54) is 63.0 Å². The van der Waals surface area contributed by atoms with Gasteiger partial charge in [-0.2, -0.15) is 0 Å². The molecule has 0 saturated carbocycles. The number of unbranched alkanes of at least 4 members (excludes halogenated alkanes) is 1. The van der Waals surface area contributed by atoms with Crippen molar-refractivity contribution in [1.29, 1.82) is 0 Å². The van der Waals surface area contributed by atoms with Gasteiger partial charge in [-0.3, -0.25) is 14.7 Å². The van der Waals surface area contributed by atoms with Crippen molar-refractivity contribution >= 4 is 5.91 Å². The van der Waals surface area contributed by atoms with Crippen LogP contribution in [0.15, 0.2) is 55.0 Å². The Morgan fingerprint density at radius 3 is 2.50 bits per heavy atom. The molecule has 1 amide bonds. The van der Waals surface area contributed by atoms with E-state index in [1.54, 1.807) is 18.5 Å². The molecule has 38 heavy (non-hydrogen) atoms. The first-order chi connectivity index (χ1) is 18.6. The fourth-order valence-corrected chi connectivity index (χ4v) is 5.38. The SMILES string of the molecule is CCCN(CCC)CCCCN1CCc2cc(CN(Cc3nccn3C)C(=O)c3ccccn3)ccc2C1. The molecule has 3 aromatic rings. The molecule has 0 radical (unpaired) electrons. The van der Waals surface area contributed by atoms with Crippen molar-refractivity contribution in [3.05, 3.63) is 83.2 Å². The molecule has 4 rings (SSSR count). The van der Waals surface area contributed by atoms with Gasteiger partial charge in [0.25, 0.3) is 5.91 Å². The van der Waals surface area contributed by atoms with Crippen molar-refractivity contribution < 1.29 is 4.79 Å². The van der Waals surface area contributed by atoms with Crippen LogP contribution in [0.5, 0.6) is 0 Å². The smallest absolute Gasteiger partial charge is 0.273 e. The third kappa shape index (κ3) is 7.74. The summed E-state index contributed by atoms with van der Waals surface area (Å²) in [5.41, 5.74) is 4.45. The number of aryl methyl sites for hydroxylation is 1. The standard InChI is InChI=1S/C31H44N6O/c1-4-16-35(17-5-2)18-8-9-19-36-20-13-27-22-26(11-12-28(27)24-36)23-37(25-30-33-15-21-34(30)3)31(38)29-10-6-7-14-32-29/h6-7,10-12,14-15,21-22H,4-5,8-9,13,16-20,23-25H2,1-3H3. The van der Waals surface area contributed by atoms with E-state index in [0.717, 1.165) is 30.9 Å². The number of aromatic nitrogens is 3. The third-order valence-electron chi connectivity index (χ3n) is 7.44. The zero-order chi connectivity index (χ0) is 26.7. The summed E-state index contributed by atoms with van der Waals surface area (Å²) in [6.45, 7) is 12.5. The molecule has 0 saturated heterocycles. The Labute approximate surface area is 228 Å². The van der Waals surface area contributed by atoms with Crippen LogP contribution < -0.4 is 0 Å². The van der Waals surface area contributed by atoms with Crippen LogP contribution in [0.1, 0.15) is 72.5 Å². The second kappa shape index (κ2) is 14.2. The number of benzene rings is 1. The van der Waals surface area contributed by atoms with Crippen LogP contribution in [0.25, 0.3) is 0 Å². The van der Waals surface area contributed by atoms with E-state index < -0.39 is 0 Å². The average Bonchev–Trinajstić information content (AvgIpc) is 3.35. The maximum absolute atomic E-state index is 13.4. The second-order valence-corrected chi connectivity index (χ2v) is 10.5. The molecule has 0 aliphatic carbocycles. The van der Waals surface area contributed by atoms with Crippen molar-refractivity contribution in [3.63, 3.8) is 0 Å². The van der Waals surface area contributed by atoms with Gasteiger partial charge in [-0.15, -0.1) is 0 Å². The lowest BCUT2D eigenvalue weighted by Gasteiger charge is -2.30. The normalized spacial score (nSPS) is 13.6. The van der Waals surface area contributed by atoms with Crippen LogP contribution in [0.3, 0.4) is 0 Å². The van der Waals surface area contributed by atoms with Crippen molar-refractivity contribution in [3.8, 4) is 0 Å². The van der Waals surface area contributed by atoms with Gasteiger partial charge in [-0.05, 0) is 87.1 Å². The number of carbonyl (C=O) groups excluding carboxylic acids is 1. The van der Waals surface area contributed by atoms with Gasteiger partial charge in [0.15, 0.2) is 0 Å². The minimum absolute atomic E-state index is 0.0751. The first-order valence-electron chi connectivity index (χ1n) is 14.3. The summed E-state index contributed by atoms with van der Waals surface area (Å²) in [5, 5.41) is 0. The summed E-state index contributed by atoms with van der Waals surface area (Å²) in [7, 11) is 1.96. The molecular weight excluding hydrogens is 472 g/mol. The summed E-state index contributed by atoms with van der Waals surface area (Å²) < 4.78 is 1.96. The lowest BCUT2D eigenvalue weighted by atomic mass is 9.96. The summed E-state index contributed by atoms with van der Waals surface area (Å²) in [6.07, 6.45) is 11.4. The van der Waals surface area contributed by atoms with Crippen molar-refractivity contribution in [2.45, 2.75) is 65.6 Å². The number of rotatable bonds is 14. The van der Waals surface area contributed by atoms with Crippen LogP contribution in [0.4, 0.5) is 0 Å². The molecule has 3 heterocycles. The predicted octanol–water partition coefficient (Wildman–Crippen LogP) is 4.92. The molecule has 7 nitrogen and oxygen atoms in total. The highest BCUT2D eigenvalue weighted by atomic mass is 16.2. The van der Waals surface area contributed by atoms with Gasteiger partial charge in [0, 0.05) is 45.3 Å². The van der Waals surface area contributed by atoms with Gasteiger partial charge in [0.2, 0.25) is 0 Å². The Hall–Kier alpha value is -3.03. The summed E-state index contributed by atoms with van der Waals surface area (Å²) in [5.74, 6) is 0.782. The third-order valence-corrected chi connectivity index (χ3v) is 7.44. The quantitative estimate of drug-likeness (QED) is 0.285. The topological polar surface area (TPSA) is 57.5 Å². The minimum Gasteiger partial charge on any atom is -0.337 e. The van der Waals surface area contributed by atoms with Crippen LogP contribution >= 0.6 is 0 Å². The van der Waals surface area contributed by atoms with Crippen molar-refractivity contribution in [1.82, 2.24) is 29.2 Å². The fourth-order valence-electron chi connectivity index (χ4n) is 5.38. The number of fused-ring (bicyclic) bond motifs is 1. The van der Waals surface area contributed by atoms with Crippen LogP contribution in [0, 0.1) is 0 Å². The maximum Gasteiger partial charge on any atom is 0.273 e. The maximum atomic E-state index is 13.4. The highest BCUT2D eigenvalue weighted by molar-refractivity contribution is 5.92. The molecule has 2 aromatic heterocycles. The largest absolute Gasteiger partial charge is 0.337 e. The number of nitrogens with zero attached hydrogens (tertiary/aromatic N) is 6. The predicted molar refractivity (Wildman–Crippen MR) is 153 cm³/mol. The van der Waals surface area contributed by atoms with E-state index in [2.05, 4.69) is 51.8 Å². The average molecular weight is 517 g/mol. The lowest BCUT2D eigenvalue weighted by Crippen LogP contribution is -2.33. The first-order valence-corrected chi connectivity index (χ1v) is 14.3. The number of hydrogen-bond acceptors (Lipinski definition) is 5. The Bertz CT molecular complexity index is 1140. The summed E-state index contributed by atoms with van der Waals surface area (Å²) in [4.78, 5) is 29.2. The van der Waals surface area contributed by atoms with Crippen LogP contribution in [0.2, 0.25) is 0 Å². The van der Waals surface area contributed by atoms with Crippen LogP contribution in [-0.2, 0) is 33.1 Å². The van der Waals surface area contributed by atoms with E-state index in [1.807, 2.05) is 34.8 Å². The highest BCUT2D eigenvalue weighted by Gasteiger charge is 2.21. The van der Waals surface area contributed by atoms with E-state index in [4.69, 9.17) is 0 Å². The van der Waals surface area contributed by atoms with Gasteiger partial charge < -0.3 is 14.4 Å². The zero-order valence-corrected chi connectivity index (χ0v) is 23.5. The molecule has 0 atom stereocenters. The molecule has 7 heteroatoms. The number of hydrogen-bond donors (Lipinski definition) is 0. The Morgan fingerprint density at radius 2 is 1.79 bits per heavy atom. The van der Waals surface area contributed by atoms with Gasteiger partial charge in [-0.1, -0.05) is 38.1 Å². The number of carbonyl (C=O) groups is 1.